The molecule has 0 saturated carbocycles. The second kappa shape index (κ2) is 11.3. The molecule has 0 aliphatic rings. The van der Waals surface area contributed by atoms with E-state index in [2.05, 4.69) is 15.6 Å². The van der Waals surface area contributed by atoms with Gasteiger partial charge in [0.05, 0.1) is 17.2 Å². The van der Waals surface area contributed by atoms with E-state index >= 15 is 0 Å². The fraction of sp³-hybridized carbons (Fsp3) is 0.381. The monoisotopic (exact) mass is 403 g/mol. The standard InChI is InChI=1S/C21H29N3O3S/c1-3-18(17-28(25,26)20-13-9-6-10-14-20)24-21(22-4-2)23-15-16-27-19-11-7-5-8-12-19/h5-14,18H,3-4,15-17H2,1-2H3,(H2,22,23,24). The number of para-hydroxylation sites is 1. The van der Waals surface area contributed by atoms with Crippen LogP contribution in [0, 0.1) is 0 Å². The maximum absolute atomic E-state index is 12.6. The highest BCUT2D eigenvalue weighted by Gasteiger charge is 2.20. The molecule has 2 rings (SSSR count). The predicted molar refractivity (Wildman–Crippen MR) is 114 cm³/mol. The van der Waals surface area contributed by atoms with Gasteiger partial charge in [-0.1, -0.05) is 43.3 Å². The molecule has 0 aromatic heterocycles. The van der Waals surface area contributed by atoms with Crippen LogP contribution in [0.4, 0.5) is 0 Å². The first-order chi connectivity index (χ1) is 13.5. The number of rotatable bonds is 10. The predicted octanol–water partition coefficient (Wildman–Crippen LogP) is 2.87. The molecule has 1 unspecified atom stereocenters. The molecule has 28 heavy (non-hydrogen) atoms. The van der Waals surface area contributed by atoms with Gasteiger partial charge in [0.25, 0.3) is 0 Å². The van der Waals surface area contributed by atoms with Crippen LogP contribution >= 0.6 is 0 Å². The molecule has 0 aliphatic heterocycles. The average molecular weight is 404 g/mol. The Morgan fingerprint density at radius 3 is 2.29 bits per heavy atom. The van der Waals surface area contributed by atoms with Crippen LogP contribution in [0.5, 0.6) is 5.75 Å². The summed E-state index contributed by atoms with van der Waals surface area (Å²) in [7, 11) is -3.36. The van der Waals surface area contributed by atoms with Crippen molar-refractivity contribution in [2.24, 2.45) is 4.99 Å². The average Bonchev–Trinajstić information content (AvgIpc) is 2.72. The third kappa shape index (κ3) is 7.23. The molecule has 2 N–H and O–H groups in total. The van der Waals surface area contributed by atoms with E-state index in [4.69, 9.17) is 4.74 Å². The van der Waals surface area contributed by atoms with E-state index in [1.165, 1.54) is 0 Å². The van der Waals surface area contributed by atoms with Crippen molar-refractivity contribution in [3.63, 3.8) is 0 Å². The first-order valence-electron chi connectivity index (χ1n) is 9.55. The molecule has 152 valence electrons. The number of nitrogens with one attached hydrogen (secondary N) is 2. The summed E-state index contributed by atoms with van der Waals surface area (Å²) < 4.78 is 30.9. The van der Waals surface area contributed by atoms with Crippen LogP contribution in [0.15, 0.2) is 70.6 Å². The highest BCUT2D eigenvalue weighted by atomic mass is 32.2. The lowest BCUT2D eigenvalue weighted by molar-refractivity contribution is 0.328. The lowest BCUT2D eigenvalue weighted by Crippen LogP contribution is -2.46. The number of hydrogen-bond acceptors (Lipinski definition) is 4. The zero-order valence-corrected chi connectivity index (χ0v) is 17.3. The lowest BCUT2D eigenvalue weighted by atomic mass is 10.3. The van der Waals surface area contributed by atoms with Gasteiger partial charge in [-0.05, 0) is 37.6 Å². The van der Waals surface area contributed by atoms with E-state index in [-0.39, 0.29) is 11.8 Å². The van der Waals surface area contributed by atoms with Gasteiger partial charge in [0.15, 0.2) is 15.8 Å². The molecule has 2 aromatic rings. The minimum Gasteiger partial charge on any atom is -0.492 e. The zero-order chi connectivity index (χ0) is 20.2. The molecule has 1 atom stereocenters. The SMILES string of the molecule is CCNC(=NCCOc1ccccc1)NC(CC)CS(=O)(=O)c1ccccc1. The number of guanidine groups is 1. The summed E-state index contributed by atoms with van der Waals surface area (Å²) in [5.41, 5.74) is 0. The number of hydrogen-bond donors (Lipinski definition) is 2. The van der Waals surface area contributed by atoms with Crippen LogP contribution in [-0.4, -0.2) is 45.9 Å². The van der Waals surface area contributed by atoms with Crippen LogP contribution in [0.25, 0.3) is 0 Å². The van der Waals surface area contributed by atoms with Crippen molar-refractivity contribution in [3.8, 4) is 5.75 Å². The van der Waals surface area contributed by atoms with Gasteiger partial charge >= 0.3 is 0 Å². The molecule has 0 heterocycles. The van der Waals surface area contributed by atoms with E-state index in [1.54, 1.807) is 24.3 Å². The highest BCUT2D eigenvalue weighted by molar-refractivity contribution is 7.91. The number of benzene rings is 2. The largest absolute Gasteiger partial charge is 0.492 e. The summed E-state index contributed by atoms with van der Waals surface area (Å²) in [6.45, 7) is 5.53. The Morgan fingerprint density at radius 1 is 1.04 bits per heavy atom. The van der Waals surface area contributed by atoms with E-state index in [0.717, 1.165) is 5.75 Å². The van der Waals surface area contributed by atoms with E-state index in [9.17, 15) is 8.42 Å². The molecule has 0 bridgehead atoms. The van der Waals surface area contributed by atoms with Crippen molar-refractivity contribution in [1.29, 1.82) is 0 Å². The number of nitrogens with zero attached hydrogens (tertiary/aromatic N) is 1. The normalized spacial score (nSPS) is 13.0. The number of sulfone groups is 1. The Bertz CT molecular complexity index is 824. The Kier molecular flexibility index (Phi) is 8.81. The molecule has 0 aliphatic carbocycles. The van der Waals surface area contributed by atoms with Crippen LogP contribution in [0.2, 0.25) is 0 Å². The van der Waals surface area contributed by atoms with Crippen molar-refractivity contribution in [3.05, 3.63) is 60.7 Å². The zero-order valence-electron chi connectivity index (χ0n) is 16.5. The Labute approximate surface area is 168 Å². The second-order valence-corrected chi connectivity index (χ2v) is 8.30. The van der Waals surface area contributed by atoms with Crippen molar-refractivity contribution in [2.75, 3.05) is 25.4 Å². The lowest BCUT2D eigenvalue weighted by Gasteiger charge is -2.20. The minimum absolute atomic E-state index is 0.0123. The van der Waals surface area contributed by atoms with Crippen LogP contribution in [0.3, 0.4) is 0 Å². The van der Waals surface area contributed by atoms with Gasteiger partial charge in [0, 0.05) is 12.6 Å². The summed E-state index contributed by atoms with van der Waals surface area (Å²) >= 11 is 0. The summed E-state index contributed by atoms with van der Waals surface area (Å²) in [6.07, 6.45) is 0.664. The topological polar surface area (TPSA) is 79.8 Å². The Morgan fingerprint density at radius 2 is 1.68 bits per heavy atom. The maximum Gasteiger partial charge on any atom is 0.191 e. The van der Waals surface area contributed by atoms with Crippen molar-refractivity contribution < 1.29 is 13.2 Å². The fourth-order valence-corrected chi connectivity index (χ4v) is 4.21. The highest BCUT2D eigenvalue weighted by Crippen LogP contribution is 2.12. The minimum atomic E-state index is -3.36. The molecule has 7 heteroatoms. The molecule has 0 amide bonds. The third-order valence-electron chi connectivity index (χ3n) is 4.07. The van der Waals surface area contributed by atoms with Gasteiger partial charge in [-0.15, -0.1) is 0 Å². The molecule has 2 aromatic carbocycles. The van der Waals surface area contributed by atoms with Crippen LogP contribution < -0.4 is 15.4 Å². The molecule has 6 nitrogen and oxygen atoms in total. The van der Waals surface area contributed by atoms with E-state index < -0.39 is 9.84 Å². The molecule has 0 fully saturated rings. The number of ether oxygens (including phenoxy) is 1. The van der Waals surface area contributed by atoms with E-state index in [1.807, 2.05) is 50.2 Å². The molecule has 0 saturated heterocycles. The molecular formula is C21H29N3O3S. The summed E-state index contributed by atoms with van der Waals surface area (Å²) in [5.74, 6) is 1.41. The molecule has 0 spiro atoms. The van der Waals surface area contributed by atoms with Crippen molar-refractivity contribution >= 4 is 15.8 Å². The maximum atomic E-state index is 12.6. The van der Waals surface area contributed by atoms with Gasteiger partial charge in [-0.3, -0.25) is 0 Å². The molecule has 0 radical (unpaired) electrons. The van der Waals surface area contributed by atoms with Crippen LogP contribution in [0.1, 0.15) is 20.3 Å². The van der Waals surface area contributed by atoms with Gasteiger partial charge in [0.2, 0.25) is 0 Å². The van der Waals surface area contributed by atoms with Crippen molar-refractivity contribution in [1.82, 2.24) is 10.6 Å². The van der Waals surface area contributed by atoms with Gasteiger partial charge in [-0.2, -0.15) is 0 Å². The Hall–Kier alpha value is -2.54. The third-order valence-corrected chi connectivity index (χ3v) is 5.91. The van der Waals surface area contributed by atoms with Crippen molar-refractivity contribution in [2.45, 2.75) is 31.2 Å². The number of aliphatic imine (C=N–C) groups is 1. The summed E-state index contributed by atoms with van der Waals surface area (Å²) in [6, 6.07) is 17.9. The summed E-state index contributed by atoms with van der Waals surface area (Å²) in [5, 5.41) is 6.39. The second-order valence-electron chi connectivity index (χ2n) is 6.27. The van der Waals surface area contributed by atoms with Gasteiger partial charge in [0.1, 0.15) is 12.4 Å². The van der Waals surface area contributed by atoms with Crippen LogP contribution in [-0.2, 0) is 9.84 Å². The first kappa shape index (κ1) is 21.8. The molecular weight excluding hydrogens is 374 g/mol. The summed E-state index contributed by atoms with van der Waals surface area (Å²) in [4.78, 5) is 4.83. The Balaban J connectivity index is 1.94. The van der Waals surface area contributed by atoms with Gasteiger partial charge in [-0.25, -0.2) is 13.4 Å². The van der Waals surface area contributed by atoms with Gasteiger partial charge < -0.3 is 15.4 Å². The first-order valence-corrected chi connectivity index (χ1v) is 11.2. The van der Waals surface area contributed by atoms with E-state index in [0.29, 0.717) is 37.0 Å². The quantitative estimate of drug-likeness (QED) is 0.362. The fourth-order valence-electron chi connectivity index (χ4n) is 2.60. The smallest absolute Gasteiger partial charge is 0.191 e.